The molecule has 0 bridgehead atoms. The summed E-state index contributed by atoms with van der Waals surface area (Å²) in [6, 6.07) is 0. The van der Waals surface area contributed by atoms with E-state index >= 15 is 0 Å². The van der Waals surface area contributed by atoms with Crippen LogP contribution < -0.4 is 50.4 Å². The standard InChI is InChI=1S/3BrO4.9H2O.Tb/c3*2-1(3,4)5;;;;;;;;;;/h;;;9*1H2;/q3*-1;;;;;;;;;;+3. The molecule has 0 aromatic heterocycles. The summed E-state index contributed by atoms with van der Waals surface area (Å²) in [5, 5.41) is 0. The monoisotopic (exact) mass is 750 g/mol. The van der Waals surface area contributed by atoms with Crippen molar-refractivity contribution in [2.75, 3.05) is 0 Å². The SMILES string of the molecule is O.O.O.O.O.O.O.O.O.[O-][Br+3]([O-])([O-])[O-].[O-][Br+3]([O-])([O-])[O-].[O-][Br+3]([O-])([O-])[O-].[Tb+3]. The second-order valence-corrected chi connectivity index (χ2v) is 5.89. The summed E-state index contributed by atoms with van der Waals surface area (Å²) in [7, 11) is 0. The molecule has 0 aliphatic heterocycles. The maximum Gasteiger partial charge on any atom is 3.00 e. The second-order valence-electron chi connectivity index (χ2n) is 1.13. The predicted molar refractivity (Wildman–Crippen MR) is 32.5 cm³/mol. The zero-order chi connectivity index (χ0) is 13.5. The minimum Gasteiger partial charge on any atom is -0.412 e. The van der Waals surface area contributed by atoms with Gasteiger partial charge in [-0.1, -0.05) is 0 Å². The van der Waals surface area contributed by atoms with Crippen LogP contribution in [0.4, 0.5) is 0 Å². The quantitative estimate of drug-likeness (QED) is 0.223. The number of halogens is 3. The van der Waals surface area contributed by atoms with Crippen LogP contribution in [0.15, 0.2) is 0 Å². The van der Waals surface area contributed by atoms with Gasteiger partial charge in [-0.25, -0.2) is 0 Å². The first-order chi connectivity index (χ1) is 6.00. The van der Waals surface area contributed by atoms with Gasteiger partial charge in [0, 0.05) is 0 Å². The van der Waals surface area contributed by atoms with Gasteiger partial charge in [-0.2, -0.15) is 0 Å². The Labute approximate surface area is 179 Å². The molecule has 0 saturated heterocycles. The summed E-state index contributed by atoms with van der Waals surface area (Å²) in [6.07, 6.45) is 0. The number of hydrogen-bond acceptors (Lipinski definition) is 12. The van der Waals surface area contributed by atoms with Crippen molar-refractivity contribution in [2.24, 2.45) is 0 Å². The van der Waals surface area contributed by atoms with Crippen molar-refractivity contribution < 1.29 is 181 Å². The second kappa shape index (κ2) is 40.5. The number of hydrogen-bond donors (Lipinski definition) is 0. The van der Waals surface area contributed by atoms with E-state index < -0.39 is 42.3 Å². The van der Waals surface area contributed by atoms with Gasteiger partial charge in [0.05, 0.1) is 42.3 Å². The Morgan fingerprint density at radius 2 is 0.240 bits per heavy atom. The summed E-state index contributed by atoms with van der Waals surface area (Å²) in [5.74, 6) is 0. The van der Waals surface area contributed by atoms with Crippen molar-refractivity contribution in [3.8, 4) is 0 Å². The van der Waals surface area contributed by atoms with Gasteiger partial charge in [0.2, 0.25) is 0 Å². The summed E-state index contributed by atoms with van der Waals surface area (Å²) in [6.45, 7) is 0. The van der Waals surface area contributed by atoms with E-state index in [1.807, 2.05) is 0 Å². The molecule has 174 valence electrons. The average Bonchev–Trinajstić information content (AvgIpc) is 1.41. The van der Waals surface area contributed by atoms with E-state index in [1.165, 1.54) is 0 Å². The first-order valence-electron chi connectivity index (χ1n) is 1.85. The normalized spacial score (nSPS) is 7.20. The van der Waals surface area contributed by atoms with Crippen LogP contribution in [0.3, 0.4) is 0 Å². The average molecular weight is 753 g/mol. The number of rotatable bonds is 0. The van der Waals surface area contributed by atoms with Gasteiger partial charge in [0.15, 0.2) is 0 Å². The smallest absolute Gasteiger partial charge is 0.412 e. The van der Waals surface area contributed by atoms with Gasteiger partial charge in [-0.3, -0.25) is 50.4 Å². The van der Waals surface area contributed by atoms with Crippen LogP contribution in [0, 0.1) is 80.9 Å². The van der Waals surface area contributed by atoms with E-state index in [0.717, 1.165) is 0 Å². The Morgan fingerprint density at radius 3 is 0.240 bits per heavy atom. The van der Waals surface area contributed by atoms with Gasteiger partial charge in [0.25, 0.3) is 0 Å². The zero-order valence-electron chi connectivity index (χ0n) is 10.9. The fourth-order valence-electron chi connectivity index (χ4n) is 0. The molecule has 0 amide bonds. The molecule has 0 aromatic rings. The molecule has 0 fully saturated rings. The largest absolute Gasteiger partial charge is 3.00 e. The van der Waals surface area contributed by atoms with Gasteiger partial charge in [0.1, 0.15) is 0 Å². The topological polar surface area (TPSA) is 560 Å². The van der Waals surface area contributed by atoms with E-state index in [1.54, 1.807) is 0 Å². The molecular weight excluding hydrogens is 735 g/mol. The minimum atomic E-state index is -5.62. The van der Waals surface area contributed by atoms with Crippen LogP contribution in [0.25, 0.3) is 0 Å². The van der Waals surface area contributed by atoms with Crippen molar-refractivity contribution in [3.05, 3.63) is 0 Å². The molecule has 0 atom stereocenters. The molecule has 21 nitrogen and oxygen atoms in total. The summed E-state index contributed by atoms with van der Waals surface area (Å²) >= 11 is -16.9. The molecule has 0 saturated carbocycles. The molecule has 25 heteroatoms. The maximum atomic E-state index is 8.58. The van der Waals surface area contributed by atoms with Gasteiger partial charge < -0.3 is 49.3 Å². The third-order valence-electron chi connectivity index (χ3n) is 0. The van der Waals surface area contributed by atoms with E-state index in [2.05, 4.69) is 0 Å². The third kappa shape index (κ3) is 4150. The van der Waals surface area contributed by atoms with Gasteiger partial charge in [-0.15, -0.1) is 0 Å². The summed E-state index contributed by atoms with van der Waals surface area (Å²) < 4.78 is 103. The van der Waals surface area contributed by atoms with Crippen LogP contribution in [-0.4, -0.2) is 49.3 Å². The van der Waals surface area contributed by atoms with Crippen LogP contribution in [0.5, 0.6) is 0 Å². The molecule has 0 heterocycles. The van der Waals surface area contributed by atoms with Crippen LogP contribution >= 0.6 is 0 Å². The van der Waals surface area contributed by atoms with Gasteiger partial charge in [-0.05, 0) is 0 Å². The van der Waals surface area contributed by atoms with E-state index in [9.17, 15) is 0 Å². The molecule has 0 spiro atoms. The Hall–Kier alpha value is 1.89. The van der Waals surface area contributed by atoms with Crippen molar-refractivity contribution in [1.29, 1.82) is 0 Å². The predicted octanol–water partition coefficient (Wildman–Crippen LogP) is -21.7. The van der Waals surface area contributed by atoms with Crippen LogP contribution in [0.1, 0.15) is 0 Å². The Bertz CT molecular complexity index is 94.2. The third-order valence-corrected chi connectivity index (χ3v) is 0. The minimum absolute atomic E-state index is 0. The van der Waals surface area contributed by atoms with Crippen molar-refractivity contribution in [1.82, 2.24) is 0 Å². The Kier molecular flexibility index (Phi) is 152. The van der Waals surface area contributed by atoms with Crippen LogP contribution in [0.2, 0.25) is 0 Å². The molecule has 0 rings (SSSR count). The molecule has 0 aliphatic carbocycles. The first-order valence-corrected chi connectivity index (χ1v) is 9.62. The molecule has 0 aromatic carbocycles. The van der Waals surface area contributed by atoms with Crippen molar-refractivity contribution in [2.45, 2.75) is 0 Å². The molecule has 0 aliphatic rings. The fraction of sp³-hybridized carbons (Fsp3) is 0. The van der Waals surface area contributed by atoms with Crippen molar-refractivity contribution >= 4 is 0 Å². The van der Waals surface area contributed by atoms with E-state index in [-0.39, 0.29) is 87.9 Å². The fourth-order valence-corrected chi connectivity index (χ4v) is 0. The molecule has 25 heavy (non-hydrogen) atoms. The van der Waals surface area contributed by atoms with Crippen molar-refractivity contribution in [3.63, 3.8) is 0 Å². The van der Waals surface area contributed by atoms with Crippen LogP contribution in [-0.2, 0) is 0 Å². The van der Waals surface area contributed by atoms with Gasteiger partial charge >= 0.3 is 38.6 Å². The molecule has 0 radical (unpaired) electrons. The Morgan fingerprint density at radius 1 is 0.240 bits per heavy atom. The molecule has 0 unspecified atom stereocenters. The first kappa shape index (κ1) is 93.4. The van der Waals surface area contributed by atoms with E-state index in [0.29, 0.717) is 0 Å². The van der Waals surface area contributed by atoms with E-state index in [4.69, 9.17) is 50.4 Å². The summed E-state index contributed by atoms with van der Waals surface area (Å²) in [5.41, 5.74) is 0. The Balaban J connectivity index is -0.00000000655. The molecular formula is H18Br3O21Tb. The summed E-state index contributed by atoms with van der Waals surface area (Å²) in [4.78, 5) is 0. The molecule has 18 N–H and O–H groups in total. The maximum absolute atomic E-state index is 8.58. The zero-order valence-corrected chi connectivity index (χ0v) is 17.8.